The molecule has 2 fully saturated rings. The molecule has 2 saturated heterocycles. The second-order valence-corrected chi connectivity index (χ2v) is 8.94. The molecule has 2 aromatic carbocycles. The van der Waals surface area contributed by atoms with Gasteiger partial charge in [0.2, 0.25) is 11.8 Å². The van der Waals surface area contributed by atoms with E-state index in [1.807, 2.05) is 42.2 Å². The third kappa shape index (κ3) is 3.59. The van der Waals surface area contributed by atoms with E-state index in [-0.39, 0.29) is 23.6 Å². The third-order valence-electron chi connectivity index (χ3n) is 6.63. The predicted molar refractivity (Wildman–Crippen MR) is 118 cm³/mol. The first-order valence-electron chi connectivity index (χ1n) is 10.8. The molecular formula is C24H26N4O3. The van der Waals surface area contributed by atoms with Crippen LogP contribution in [-0.2, 0) is 16.1 Å². The van der Waals surface area contributed by atoms with Crippen molar-refractivity contribution in [2.75, 3.05) is 29.9 Å². The van der Waals surface area contributed by atoms with Crippen LogP contribution in [0.1, 0.15) is 35.7 Å². The predicted octanol–water partition coefficient (Wildman–Crippen LogP) is 2.39. The van der Waals surface area contributed by atoms with Gasteiger partial charge < -0.3 is 15.5 Å². The molecule has 0 spiro atoms. The van der Waals surface area contributed by atoms with Gasteiger partial charge in [0.05, 0.1) is 22.7 Å². The number of amides is 3. The largest absolute Gasteiger partial charge is 0.345 e. The first-order valence-corrected chi connectivity index (χ1v) is 10.8. The molecule has 31 heavy (non-hydrogen) atoms. The molecule has 5 rings (SSSR count). The zero-order valence-corrected chi connectivity index (χ0v) is 17.6. The normalized spacial score (nSPS) is 26.0. The summed E-state index contributed by atoms with van der Waals surface area (Å²) in [5.74, 6) is -0.393. The van der Waals surface area contributed by atoms with Crippen molar-refractivity contribution >= 4 is 29.1 Å². The van der Waals surface area contributed by atoms with E-state index in [1.54, 1.807) is 18.2 Å². The van der Waals surface area contributed by atoms with Crippen molar-refractivity contribution in [2.24, 2.45) is 5.92 Å². The van der Waals surface area contributed by atoms with Crippen molar-refractivity contribution in [3.05, 3.63) is 59.7 Å². The van der Waals surface area contributed by atoms with Crippen LogP contribution in [0.25, 0.3) is 0 Å². The van der Waals surface area contributed by atoms with Crippen LogP contribution < -0.4 is 15.5 Å². The topological polar surface area (TPSA) is 81.8 Å². The van der Waals surface area contributed by atoms with E-state index < -0.39 is 5.54 Å². The van der Waals surface area contributed by atoms with Crippen LogP contribution >= 0.6 is 0 Å². The maximum absolute atomic E-state index is 13.0. The van der Waals surface area contributed by atoms with Gasteiger partial charge in [-0.25, -0.2) is 0 Å². The number of benzene rings is 2. The summed E-state index contributed by atoms with van der Waals surface area (Å²) in [7, 11) is 0. The Morgan fingerprint density at radius 2 is 1.84 bits per heavy atom. The van der Waals surface area contributed by atoms with Gasteiger partial charge in [0.1, 0.15) is 0 Å². The van der Waals surface area contributed by atoms with E-state index in [1.165, 1.54) is 0 Å². The Morgan fingerprint density at radius 3 is 2.58 bits per heavy atom. The summed E-state index contributed by atoms with van der Waals surface area (Å²) in [5.41, 5.74) is 2.45. The molecule has 2 atom stereocenters. The van der Waals surface area contributed by atoms with Gasteiger partial charge >= 0.3 is 0 Å². The Hall–Kier alpha value is -3.19. The van der Waals surface area contributed by atoms with Gasteiger partial charge in [0.25, 0.3) is 5.91 Å². The molecule has 7 nitrogen and oxygen atoms in total. The second-order valence-electron chi connectivity index (χ2n) is 8.94. The van der Waals surface area contributed by atoms with Crippen molar-refractivity contribution in [1.82, 2.24) is 10.2 Å². The summed E-state index contributed by atoms with van der Waals surface area (Å²) in [4.78, 5) is 41.9. The number of hydrogen-bond acceptors (Lipinski definition) is 4. The number of fused-ring (bicyclic) bond motifs is 2. The zero-order valence-electron chi connectivity index (χ0n) is 17.6. The highest BCUT2D eigenvalue weighted by atomic mass is 16.2. The monoisotopic (exact) mass is 418 g/mol. The number of anilines is 2. The SMILES string of the molecule is C[C@]12CN(Cc3ccc(N4CCCC4=O)cc3)C[C@H]1C(=O)Nc1ccccc1C(=O)N2. The summed E-state index contributed by atoms with van der Waals surface area (Å²) in [6, 6.07) is 15.2. The summed E-state index contributed by atoms with van der Waals surface area (Å²) < 4.78 is 0. The number of nitrogens with one attached hydrogen (secondary N) is 2. The standard InChI is InChI=1S/C24H26N4O3/c1-24-15-27(13-16-8-10-17(11-9-16)28-12-4-7-21(28)29)14-19(24)23(31)25-20-6-3-2-5-18(20)22(30)26-24/h2-3,5-6,8-11,19H,4,7,12-15H2,1H3,(H,25,31)(H,26,30)/t19-,24-/m0/s1. The number of likely N-dealkylation sites (tertiary alicyclic amines) is 1. The zero-order chi connectivity index (χ0) is 21.6. The van der Waals surface area contributed by atoms with Crippen molar-refractivity contribution in [2.45, 2.75) is 31.8 Å². The van der Waals surface area contributed by atoms with Gasteiger partial charge in [0.15, 0.2) is 0 Å². The molecule has 0 saturated carbocycles. The smallest absolute Gasteiger partial charge is 0.253 e. The van der Waals surface area contributed by atoms with E-state index in [0.717, 1.165) is 24.2 Å². The average Bonchev–Trinajstić information content (AvgIpc) is 3.31. The Balaban J connectivity index is 1.32. The van der Waals surface area contributed by atoms with Crippen molar-refractivity contribution in [3.63, 3.8) is 0 Å². The lowest BCUT2D eigenvalue weighted by atomic mass is 9.86. The van der Waals surface area contributed by atoms with Crippen molar-refractivity contribution in [1.29, 1.82) is 0 Å². The Kier molecular flexibility index (Phi) is 4.78. The molecule has 3 heterocycles. The van der Waals surface area contributed by atoms with Gasteiger partial charge in [-0.3, -0.25) is 19.3 Å². The molecule has 0 bridgehead atoms. The molecule has 3 amide bonds. The molecule has 0 unspecified atom stereocenters. The van der Waals surface area contributed by atoms with E-state index in [2.05, 4.69) is 15.5 Å². The molecule has 0 radical (unpaired) electrons. The van der Waals surface area contributed by atoms with Gasteiger partial charge in [-0.1, -0.05) is 24.3 Å². The number of nitrogens with zero attached hydrogens (tertiary/aromatic N) is 2. The van der Waals surface area contributed by atoms with Gasteiger partial charge in [-0.2, -0.15) is 0 Å². The Labute approximate surface area is 181 Å². The van der Waals surface area contributed by atoms with Crippen LogP contribution in [0.4, 0.5) is 11.4 Å². The van der Waals surface area contributed by atoms with E-state index in [4.69, 9.17) is 0 Å². The first kappa shape index (κ1) is 19.8. The average molecular weight is 418 g/mol. The minimum absolute atomic E-state index is 0.0691. The maximum Gasteiger partial charge on any atom is 0.253 e. The number of carbonyl (C=O) groups is 3. The highest BCUT2D eigenvalue weighted by molar-refractivity contribution is 6.06. The third-order valence-corrected chi connectivity index (χ3v) is 6.63. The molecule has 2 aromatic rings. The lowest BCUT2D eigenvalue weighted by Gasteiger charge is -2.33. The summed E-state index contributed by atoms with van der Waals surface area (Å²) in [6.45, 7) is 4.56. The fourth-order valence-electron chi connectivity index (χ4n) is 5.02. The molecule has 160 valence electrons. The molecule has 3 aliphatic rings. The van der Waals surface area contributed by atoms with Gasteiger partial charge in [0, 0.05) is 38.3 Å². The van der Waals surface area contributed by atoms with Gasteiger partial charge in [-0.15, -0.1) is 0 Å². The number of rotatable bonds is 3. The van der Waals surface area contributed by atoms with Crippen LogP contribution in [0.15, 0.2) is 48.5 Å². The van der Waals surface area contributed by atoms with Gasteiger partial charge in [-0.05, 0) is 43.2 Å². The highest BCUT2D eigenvalue weighted by Crippen LogP contribution is 2.33. The highest BCUT2D eigenvalue weighted by Gasteiger charge is 2.49. The number of carbonyl (C=O) groups excluding carboxylic acids is 3. The van der Waals surface area contributed by atoms with Crippen LogP contribution in [0.2, 0.25) is 0 Å². The minimum Gasteiger partial charge on any atom is -0.345 e. The first-order chi connectivity index (χ1) is 14.9. The van der Waals surface area contributed by atoms with Crippen LogP contribution in [0, 0.1) is 5.92 Å². The molecule has 7 heteroatoms. The lowest BCUT2D eigenvalue weighted by Crippen LogP contribution is -2.56. The lowest BCUT2D eigenvalue weighted by molar-refractivity contribution is -0.121. The fraction of sp³-hybridized carbons (Fsp3) is 0.375. The second kappa shape index (κ2) is 7.50. The minimum atomic E-state index is -0.642. The van der Waals surface area contributed by atoms with E-state index >= 15 is 0 Å². The van der Waals surface area contributed by atoms with Crippen molar-refractivity contribution < 1.29 is 14.4 Å². The van der Waals surface area contributed by atoms with E-state index in [0.29, 0.717) is 37.3 Å². The number of hydrogen-bond donors (Lipinski definition) is 2. The number of para-hydroxylation sites is 1. The van der Waals surface area contributed by atoms with E-state index in [9.17, 15) is 14.4 Å². The Morgan fingerprint density at radius 1 is 1.06 bits per heavy atom. The quantitative estimate of drug-likeness (QED) is 0.802. The summed E-state index contributed by atoms with van der Waals surface area (Å²) in [6.07, 6.45) is 1.53. The molecule has 3 aliphatic heterocycles. The van der Waals surface area contributed by atoms with Crippen molar-refractivity contribution in [3.8, 4) is 0 Å². The maximum atomic E-state index is 13.0. The molecule has 0 aliphatic carbocycles. The van der Waals surface area contributed by atoms with Crippen LogP contribution in [0.5, 0.6) is 0 Å². The molecule has 2 N–H and O–H groups in total. The molecular weight excluding hydrogens is 392 g/mol. The summed E-state index contributed by atoms with van der Waals surface area (Å²) in [5, 5.41) is 6.08. The fourth-order valence-corrected chi connectivity index (χ4v) is 5.02. The Bertz CT molecular complexity index is 1050. The van der Waals surface area contributed by atoms with Crippen LogP contribution in [-0.4, -0.2) is 47.8 Å². The summed E-state index contributed by atoms with van der Waals surface area (Å²) >= 11 is 0. The van der Waals surface area contributed by atoms with Crippen LogP contribution in [0.3, 0.4) is 0 Å². The molecule has 0 aromatic heterocycles.